The number of amides is 2. The first-order valence-electron chi connectivity index (χ1n) is 11.0. The van der Waals surface area contributed by atoms with Crippen molar-refractivity contribution >= 4 is 23.2 Å². The molecule has 2 aromatic rings. The topological polar surface area (TPSA) is 52.7 Å². The van der Waals surface area contributed by atoms with E-state index in [0.29, 0.717) is 24.9 Å². The molecule has 4 rings (SSSR count). The molecule has 5 nitrogen and oxygen atoms in total. The second-order valence-corrected chi connectivity index (χ2v) is 8.78. The number of nitrogens with one attached hydrogen (secondary N) is 1. The van der Waals surface area contributed by atoms with Gasteiger partial charge in [-0.3, -0.25) is 14.5 Å². The molecule has 0 bridgehead atoms. The Bertz CT molecular complexity index is 886. The van der Waals surface area contributed by atoms with Crippen molar-refractivity contribution in [2.75, 3.05) is 23.3 Å². The lowest BCUT2D eigenvalue weighted by molar-refractivity contribution is -0.118. The summed E-state index contributed by atoms with van der Waals surface area (Å²) in [6.07, 6.45) is 3.86. The summed E-state index contributed by atoms with van der Waals surface area (Å²) in [7, 11) is 0. The predicted octanol–water partition coefficient (Wildman–Crippen LogP) is 4.54. The van der Waals surface area contributed by atoms with Gasteiger partial charge in [0.15, 0.2) is 0 Å². The Morgan fingerprint density at radius 3 is 2.37 bits per heavy atom. The fourth-order valence-electron chi connectivity index (χ4n) is 4.03. The smallest absolute Gasteiger partial charge is 0.238 e. The second kappa shape index (κ2) is 9.00. The van der Waals surface area contributed by atoms with E-state index < -0.39 is 0 Å². The molecule has 0 aromatic heterocycles. The van der Waals surface area contributed by atoms with Gasteiger partial charge < -0.3 is 10.2 Å². The zero-order valence-electron chi connectivity index (χ0n) is 17.9. The largest absolute Gasteiger partial charge is 0.325 e. The zero-order valence-corrected chi connectivity index (χ0v) is 17.9. The Balaban J connectivity index is 1.34. The molecule has 158 valence electrons. The van der Waals surface area contributed by atoms with Gasteiger partial charge in [0.1, 0.15) is 0 Å². The van der Waals surface area contributed by atoms with E-state index in [0.717, 1.165) is 43.7 Å². The monoisotopic (exact) mass is 405 g/mol. The highest BCUT2D eigenvalue weighted by Gasteiger charge is 2.30. The molecule has 0 unspecified atom stereocenters. The minimum absolute atomic E-state index is 0.00528. The predicted molar refractivity (Wildman–Crippen MR) is 121 cm³/mol. The Morgan fingerprint density at radius 1 is 1.10 bits per heavy atom. The first kappa shape index (κ1) is 20.6. The number of anilines is 2. The van der Waals surface area contributed by atoms with Crippen molar-refractivity contribution in [1.29, 1.82) is 0 Å². The summed E-state index contributed by atoms with van der Waals surface area (Å²) in [6, 6.07) is 16.8. The van der Waals surface area contributed by atoms with Crippen LogP contribution in [0.15, 0.2) is 48.5 Å². The number of carbonyl (C=O) groups excluding carboxylic acids is 2. The maximum Gasteiger partial charge on any atom is 0.238 e. The molecule has 2 aromatic carbocycles. The van der Waals surface area contributed by atoms with Crippen LogP contribution >= 0.6 is 0 Å². The van der Waals surface area contributed by atoms with E-state index >= 15 is 0 Å². The van der Waals surface area contributed by atoms with Crippen molar-refractivity contribution < 1.29 is 9.59 Å². The molecule has 1 aliphatic carbocycles. The number of hydrogen-bond acceptors (Lipinski definition) is 3. The molecule has 1 aliphatic heterocycles. The quantitative estimate of drug-likeness (QED) is 0.701. The van der Waals surface area contributed by atoms with Crippen molar-refractivity contribution in [3.8, 4) is 0 Å². The zero-order chi connectivity index (χ0) is 21.1. The highest BCUT2D eigenvalue weighted by atomic mass is 16.2. The first-order valence-corrected chi connectivity index (χ1v) is 11.0. The highest BCUT2D eigenvalue weighted by Crippen LogP contribution is 2.29. The maximum atomic E-state index is 12.7. The van der Waals surface area contributed by atoms with E-state index in [1.807, 2.05) is 29.2 Å². The summed E-state index contributed by atoms with van der Waals surface area (Å²) in [5.74, 6) is 0.707. The molecule has 30 heavy (non-hydrogen) atoms. The van der Waals surface area contributed by atoms with E-state index in [9.17, 15) is 9.59 Å². The number of rotatable bonds is 8. The summed E-state index contributed by atoms with van der Waals surface area (Å²) < 4.78 is 0. The van der Waals surface area contributed by atoms with Gasteiger partial charge in [0.25, 0.3) is 0 Å². The fourth-order valence-corrected chi connectivity index (χ4v) is 4.03. The van der Waals surface area contributed by atoms with E-state index in [1.54, 1.807) is 0 Å². The third kappa shape index (κ3) is 5.08. The van der Waals surface area contributed by atoms with Crippen LogP contribution in [0.1, 0.15) is 56.6 Å². The summed E-state index contributed by atoms with van der Waals surface area (Å²) in [4.78, 5) is 28.6. The number of nitrogens with zero attached hydrogens (tertiary/aromatic N) is 2. The third-order valence-corrected chi connectivity index (χ3v) is 5.98. The van der Waals surface area contributed by atoms with E-state index in [-0.39, 0.29) is 11.8 Å². The molecule has 2 amide bonds. The number of carbonyl (C=O) groups is 2. The van der Waals surface area contributed by atoms with Crippen molar-refractivity contribution in [3.05, 3.63) is 59.7 Å². The molecular weight excluding hydrogens is 374 g/mol. The van der Waals surface area contributed by atoms with Gasteiger partial charge in [-0.1, -0.05) is 38.1 Å². The fraction of sp³-hybridized carbons (Fsp3) is 0.440. The Kier molecular flexibility index (Phi) is 6.18. The Morgan fingerprint density at radius 2 is 1.80 bits per heavy atom. The van der Waals surface area contributed by atoms with Crippen LogP contribution in [-0.2, 0) is 16.1 Å². The molecule has 1 N–H and O–H groups in total. The van der Waals surface area contributed by atoms with Crippen LogP contribution in [0, 0.1) is 0 Å². The van der Waals surface area contributed by atoms with Crippen LogP contribution in [0.5, 0.6) is 0 Å². The van der Waals surface area contributed by atoms with Gasteiger partial charge >= 0.3 is 0 Å². The van der Waals surface area contributed by atoms with Crippen molar-refractivity contribution in [2.24, 2.45) is 0 Å². The Labute approximate surface area is 179 Å². The highest BCUT2D eigenvalue weighted by molar-refractivity contribution is 5.96. The molecule has 2 aliphatic rings. The van der Waals surface area contributed by atoms with E-state index in [4.69, 9.17) is 0 Å². The van der Waals surface area contributed by atoms with Gasteiger partial charge in [0, 0.05) is 36.9 Å². The average Bonchev–Trinajstić information content (AvgIpc) is 3.49. The van der Waals surface area contributed by atoms with Crippen LogP contribution in [-0.4, -0.2) is 35.8 Å². The molecule has 1 saturated carbocycles. The van der Waals surface area contributed by atoms with Gasteiger partial charge in [-0.25, -0.2) is 0 Å². The standard InChI is InChI=1S/C25H31N3O2/c1-18(2)20-7-5-19(6-8-20)16-27(22-13-14-22)17-24(29)26-21-9-11-23(12-10-21)28-15-3-4-25(28)30/h5-12,18,22H,3-4,13-17H2,1-2H3,(H,26,29). The van der Waals surface area contributed by atoms with Crippen LogP contribution in [0.3, 0.4) is 0 Å². The summed E-state index contributed by atoms with van der Waals surface area (Å²) in [6.45, 7) is 6.37. The van der Waals surface area contributed by atoms with Crippen molar-refractivity contribution in [1.82, 2.24) is 4.90 Å². The van der Waals surface area contributed by atoms with Gasteiger partial charge in [0.05, 0.1) is 6.54 Å². The third-order valence-electron chi connectivity index (χ3n) is 5.98. The van der Waals surface area contributed by atoms with E-state index in [1.165, 1.54) is 11.1 Å². The lowest BCUT2D eigenvalue weighted by atomic mass is 10.0. The minimum atomic E-state index is 0.00528. The number of benzene rings is 2. The maximum absolute atomic E-state index is 12.7. The molecule has 0 spiro atoms. The molecule has 2 fully saturated rings. The Hall–Kier alpha value is -2.66. The molecule has 1 heterocycles. The van der Waals surface area contributed by atoms with Crippen LogP contribution < -0.4 is 10.2 Å². The second-order valence-electron chi connectivity index (χ2n) is 8.78. The molecular formula is C25H31N3O2. The molecule has 0 radical (unpaired) electrons. The SMILES string of the molecule is CC(C)c1ccc(CN(CC(=O)Nc2ccc(N3CCCC3=O)cc2)C2CC2)cc1. The van der Waals surface area contributed by atoms with Crippen LogP contribution in [0.2, 0.25) is 0 Å². The van der Waals surface area contributed by atoms with Crippen molar-refractivity contribution in [2.45, 2.75) is 58.0 Å². The summed E-state index contributed by atoms with van der Waals surface area (Å²) >= 11 is 0. The lowest BCUT2D eigenvalue weighted by Gasteiger charge is -2.22. The first-order chi connectivity index (χ1) is 14.5. The van der Waals surface area contributed by atoms with Crippen molar-refractivity contribution in [3.63, 3.8) is 0 Å². The normalized spacial score (nSPS) is 16.5. The van der Waals surface area contributed by atoms with Gasteiger partial charge in [0.2, 0.25) is 11.8 Å². The molecule has 1 saturated heterocycles. The lowest BCUT2D eigenvalue weighted by Crippen LogP contribution is -2.34. The number of hydrogen-bond donors (Lipinski definition) is 1. The molecule has 0 atom stereocenters. The molecule has 5 heteroatoms. The van der Waals surface area contributed by atoms with Crippen LogP contribution in [0.25, 0.3) is 0 Å². The van der Waals surface area contributed by atoms with Crippen LogP contribution in [0.4, 0.5) is 11.4 Å². The van der Waals surface area contributed by atoms with Gasteiger partial charge in [-0.2, -0.15) is 0 Å². The minimum Gasteiger partial charge on any atom is -0.325 e. The van der Waals surface area contributed by atoms with Gasteiger partial charge in [-0.05, 0) is 60.6 Å². The summed E-state index contributed by atoms with van der Waals surface area (Å²) in [5.41, 5.74) is 4.26. The average molecular weight is 406 g/mol. The van der Waals surface area contributed by atoms with Gasteiger partial charge in [-0.15, -0.1) is 0 Å². The summed E-state index contributed by atoms with van der Waals surface area (Å²) in [5, 5.41) is 3.01. The van der Waals surface area contributed by atoms with E-state index in [2.05, 4.69) is 48.3 Å².